The number of fused-ring (bicyclic) bond motifs is 1. The van der Waals surface area contributed by atoms with Gasteiger partial charge in [0.2, 0.25) is 0 Å². The zero-order valence-corrected chi connectivity index (χ0v) is 36.2. The van der Waals surface area contributed by atoms with Crippen LogP contribution in [0.25, 0.3) is 10.8 Å². The third kappa shape index (κ3) is 23.0. The van der Waals surface area contributed by atoms with E-state index in [0.717, 1.165) is 21.9 Å². The van der Waals surface area contributed by atoms with Gasteiger partial charge < -0.3 is 46.0 Å². The van der Waals surface area contributed by atoms with Crippen molar-refractivity contribution in [1.82, 2.24) is 4.98 Å². The van der Waals surface area contributed by atoms with Crippen molar-refractivity contribution >= 4 is 59.5 Å². The van der Waals surface area contributed by atoms with E-state index in [9.17, 15) is 33.1 Å². The van der Waals surface area contributed by atoms with Crippen molar-refractivity contribution in [2.75, 3.05) is 0 Å². The zero-order chi connectivity index (χ0) is 47.6. The van der Waals surface area contributed by atoms with Gasteiger partial charge in [-0.05, 0) is 86.3 Å². The number of nitrogens with zero attached hydrogens (tertiary/aromatic N) is 2. The van der Waals surface area contributed by atoms with Crippen LogP contribution in [0.1, 0.15) is 27.9 Å². The minimum Gasteiger partial charge on any atom is -0.479 e. The second kappa shape index (κ2) is 30.5. The summed E-state index contributed by atoms with van der Waals surface area (Å²) in [6.07, 6.45) is -4.46. The van der Waals surface area contributed by atoms with Crippen LogP contribution in [0.5, 0.6) is 0 Å². The zero-order valence-electron chi connectivity index (χ0n) is 34.3. The van der Waals surface area contributed by atoms with E-state index >= 15 is 0 Å². The summed E-state index contributed by atoms with van der Waals surface area (Å²) in [4.78, 5) is 45.1. The molecule has 6 aromatic rings. The number of halogens is 2. The van der Waals surface area contributed by atoms with E-state index in [4.69, 9.17) is 46.1 Å². The van der Waals surface area contributed by atoms with E-state index in [1.54, 1.807) is 54.7 Å². The van der Waals surface area contributed by atoms with Crippen LogP contribution in [-0.4, -0.2) is 105 Å². The van der Waals surface area contributed by atoms with Crippen LogP contribution in [0.3, 0.4) is 0 Å². The summed E-state index contributed by atoms with van der Waals surface area (Å²) in [7, 11) is 0. The lowest BCUT2D eigenvalue weighted by Crippen LogP contribution is -2.22. The molecule has 0 radical (unpaired) electrons. The summed E-state index contributed by atoms with van der Waals surface area (Å²) in [5.41, 5.74) is 3.39. The van der Waals surface area contributed by atoms with Crippen LogP contribution in [0.15, 0.2) is 132 Å². The third-order valence-electron chi connectivity index (χ3n) is 8.36. The number of rotatable bonds is 14. The van der Waals surface area contributed by atoms with E-state index in [1.807, 2.05) is 53.2 Å². The molecule has 0 aliphatic heterocycles. The highest BCUT2D eigenvalue weighted by Gasteiger charge is 2.16. The molecule has 19 heteroatoms. The Kier molecular flexibility index (Phi) is 26.4. The largest absolute Gasteiger partial charge is 0.479 e. The van der Waals surface area contributed by atoms with E-state index in [-0.39, 0.29) is 51.4 Å². The molecule has 9 N–H and O–H groups in total. The lowest BCUT2D eigenvalue weighted by atomic mass is 10.00. The molecule has 0 aliphatic rings. The molecule has 65 heavy (non-hydrogen) atoms. The van der Waals surface area contributed by atoms with E-state index in [1.165, 1.54) is 41.7 Å². The second-order valence-electron chi connectivity index (χ2n) is 13.4. The van der Waals surface area contributed by atoms with Gasteiger partial charge in [-0.15, -0.1) is 0 Å². The fraction of sp³-hybridized carbons (Fsp3) is 0.217. The Hall–Kier alpha value is -6.63. The van der Waals surface area contributed by atoms with Crippen LogP contribution in [-0.2, 0) is 51.3 Å². The Bertz CT molecular complexity index is 2400. The fourth-order valence-corrected chi connectivity index (χ4v) is 5.88. The summed E-state index contributed by atoms with van der Waals surface area (Å²) in [6.45, 7) is 0. The number of carbonyl (C=O) groups is 4. The van der Waals surface area contributed by atoms with Crippen molar-refractivity contribution in [2.24, 2.45) is 0 Å². The van der Waals surface area contributed by atoms with Gasteiger partial charge in [0, 0.05) is 44.0 Å². The number of nitriles is 1. The van der Waals surface area contributed by atoms with Crippen molar-refractivity contribution in [3.05, 3.63) is 172 Å². The first-order valence-electron chi connectivity index (χ1n) is 19.0. The number of carboxylic acid groups (broad SMARTS) is 4. The van der Waals surface area contributed by atoms with Gasteiger partial charge in [0.05, 0.1) is 6.07 Å². The van der Waals surface area contributed by atoms with Gasteiger partial charge >= 0.3 is 23.9 Å². The van der Waals surface area contributed by atoms with Crippen LogP contribution in [0.4, 0.5) is 8.78 Å². The van der Waals surface area contributed by atoms with Crippen LogP contribution in [0, 0.1) is 23.0 Å². The Morgan fingerprint density at radius 1 is 0.569 bits per heavy atom. The summed E-state index contributed by atoms with van der Waals surface area (Å²) < 4.78 is 25.1. The molecule has 2 aromatic heterocycles. The molecule has 15 nitrogen and oxygen atoms in total. The van der Waals surface area contributed by atoms with E-state index in [0.29, 0.717) is 16.8 Å². The predicted octanol–water partition coefficient (Wildman–Crippen LogP) is 4.81. The van der Waals surface area contributed by atoms with Crippen molar-refractivity contribution in [2.45, 2.75) is 62.6 Å². The highest BCUT2D eigenvalue weighted by Crippen LogP contribution is 2.20. The molecule has 346 valence electrons. The number of hydrogen-bond donors (Lipinski definition) is 9. The molecular weight excluding hydrogens is 891 g/mol. The van der Waals surface area contributed by atoms with Crippen LogP contribution < -0.4 is 0 Å². The molecule has 0 fully saturated rings. The SMILES string of the molecule is N#C[C@@H](O)Cc1cccc(F)c1.O=C(O)[C@@H](O)Cc1cccc(F)c1.O=C(O)[C@@H](O)Cc1cccc2ccccc12.O=C(O)[C@@H](O)Cc1ccccn1.O=C(O)[C@@H](O)Cc1ccsc1.S. The second-order valence-corrected chi connectivity index (χ2v) is 14.2. The number of thiophene rings is 1. The number of pyridine rings is 1. The van der Waals surface area contributed by atoms with E-state index in [2.05, 4.69) is 4.98 Å². The van der Waals surface area contributed by atoms with Gasteiger partial charge in [-0.2, -0.15) is 30.1 Å². The number of aliphatic hydroxyl groups excluding tert-OH is 5. The average Bonchev–Trinajstić information content (AvgIpc) is 3.78. The molecule has 0 bridgehead atoms. The molecule has 5 atom stereocenters. The normalized spacial score (nSPS) is 12.3. The topological polar surface area (TPSA) is 287 Å². The van der Waals surface area contributed by atoms with Gasteiger partial charge in [-0.25, -0.2) is 28.0 Å². The first kappa shape index (κ1) is 56.4. The number of aliphatic hydroxyl groups is 5. The molecule has 2 heterocycles. The first-order chi connectivity index (χ1) is 30.4. The summed E-state index contributed by atoms with van der Waals surface area (Å²) in [5.74, 6) is -5.67. The van der Waals surface area contributed by atoms with Crippen molar-refractivity contribution < 1.29 is 73.9 Å². The third-order valence-corrected chi connectivity index (χ3v) is 9.09. The molecule has 0 unspecified atom stereocenters. The maximum atomic E-state index is 12.6. The Labute approximate surface area is 382 Å². The quantitative estimate of drug-likeness (QED) is 0.0663. The van der Waals surface area contributed by atoms with Gasteiger partial charge in [0.1, 0.15) is 17.7 Å². The molecule has 4 aromatic carbocycles. The monoisotopic (exact) mass is 938 g/mol. The standard InChI is InChI=1S/C13H12O3.C9H8FNO.C9H9FO3.C8H9NO3.C7H8O3S.H2S/c14-12(13(15)16)8-10-6-3-5-9-4-1-2-7-11(9)10;10-8-3-1-2-7(4-8)5-9(12)6-11;10-7-3-1-2-6(4-7)5-8(11)9(12)13;10-7(8(11)12)5-6-3-1-2-4-9-6;8-6(7(9)10)3-5-1-2-11-4-5;/h1-7,12,14H,8H2,(H,15,16);1-4,9,12H,5H2;1-4,8,11H,5H2,(H,12,13);1-4,7,10H,5H2,(H,11,12);1-2,4,6,8H,3H2,(H,9,10);1H2/t12-;9-;8-;7-;6-;/m00000./s1. The van der Waals surface area contributed by atoms with E-state index < -0.39 is 60.2 Å². The predicted molar refractivity (Wildman–Crippen MR) is 240 cm³/mol. The van der Waals surface area contributed by atoms with Crippen molar-refractivity contribution in [1.29, 1.82) is 5.26 Å². The lowest BCUT2D eigenvalue weighted by Gasteiger charge is -2.08. The molecule has 0 amide bonds. The number of hydrogen-bond acceptors (Lipinski definition) is 12. The Morgan fingerprint density at radius 3 is 1.54 bits per heavy atom. The molecule has 0 spiro atoms. The lowest BCUT2D eigenvalue weighted by molar-refractivity contribution is -0.147. The maximum Gasteiger partial charge on any atom is 0.332 e. The van der Waals surface area contributed by atoms with Gasteiger partial charge in [0.15, 0.2) is 24.4 Å². The Balaban J connectivity index is 0.000000407. The molecule has 0 aliphatic carbocycles. The smallest absolute Gasteiger partial charge is 0.332 e. The van der Waals surface area contributed by atoms with Crippen molar-refractivity contribution in [3.8, 4) is 6.07 Å². The molecular formula is C46H48F2N2O13S2. The number of benzene rings is 4. The minimum absolute atomic E-state index is 0. The summed E-state index contributed by atoms with van der Waals surface area (Å²) >= 11 is 1.49. The van der Waals surface area contributed by atoms with Crippen LogP contribution >= 0.6 is 24.8 Å². The van der Waals surface area contributed by atoms with Gasteiger partial charge in [0.25, 0.3) is 0 Å². The number of carboxylic acids is 4. The van der Waals surface area contributed by atoms with Gasteiger partial charge in [-0.1, -0.05) is 72.8 Å². The van der Waals surface area contributed by atoms with Gasteiger partial charge in [-0.3, -0.25) is 4.98 Å². The highest BCUT2D eigenvalue weighted by atomic mass is 32.1. The highest BCUT2D eigenvalue weighted by molar-refractivity contribution is 7.59. The average molecular weight is 939 g/mol. The van der Waals surface area contributed by atoms with Crippen molar-refractivity contribution in [3.63, 3.8) is 0 Å². The minimum atomic E-state index is -1.47. The fourth-order valence-electron chi connectivity index (χ4n) is 5.20. The molecule has 0 saturated carbocycles. The first-order valence-corrected chi connectivity index (χ1v) is 19.9. The summed E-state index contributed by atoms with van der Waals surface area (Å²) in [5, 5.41) is 92.8. The Morgan fingerprint density at radius 2 is 1.05 bits per heavy atom. The van der Waals surface area contributed by atoms with Crippen LogP contribution in [0.2, 0.25) is 0 Å². The number of aromatic nitrogens is 1. The summed E-state index contributed by atoms with van der Waals surface area (Å²) in [6, 6.07) is 33.4. The molecule has 6 rings (SSSR count). The maximum absolute atomic E-state index is 12.6. The molecule has 0 saturated heterocycles. The number of aliphatic carboxylic acids is 4.